The number of nitrogens with zero attached hydrogens (tertiary/aromatic N) is 6. The zero-order chi connectivity index (χ0) is 19.5. The maximum Gasteiger partial charge on any atom is 0.244 e. The number of hydrogen-bond acceptors (Lipinski definition) is 7. The van der Waals surface area contributed by atoms with Crippen molar-refractivity contribution in [1.29, 1.82) is 5.26 Å². The SMILES string of the molecule is CN(C)c1ccc(-c2noc([C@@H]3CCCN3Cc3ccc(C#N)cc3)n2)cn1. The second kappa shape index (κ2) is 7.79. The summed E-state index contributed by atoms with van der Waals surface area (Å²) in [4.78, 5) is 13.4. The van der Waals surface area contributed by atoms with E-state index in [-0.39, 0.29) is 6.04 Å². The smallest absolute Gasteiger partial charge is 0.244 e. The summed E-state index contributed by atoms with van der Waals surface area (Å²) in [6.07, 6.45) is 3.86. The molecular formula is C21H22N6O. The van der Waals surface area contributed by atoms with Crippen molar-refractivity contribution in [3.63, 3.8) is 0 Å². The molecule has 1 saturated heterocycles. The summed E-state index contributed by atoms with van der Waals surface area (Å²) in [5, 5.41) is 13.1. The summed E-state index contributed by atoms with van der Waals surface area (Å²) in [7, 11) is 3.91. The standard InChI is InChI=1S/C21H22N6O/c1-26(2)19-10-9-17(13-23-19)20-24-21(28-25-20)18-4-3-11-27(18)14-16-7-5-15(12-22)6-8-16/h5-10,13,18H,3-4,11,14H2,1-2H3/t18-/m0/s1. The van der Waals surface area contributed by atoms with Gasteiger partial charge in [0.05, 0.1) is 17.7 Å². The number of nitriles is 1. The maximum atomic E-state index is 8.95. The Labute approximate surface area is 164 Å². The van der Waals surface area contributed by atoms with Gasteiger partial charge in [0.1, 0.15) is 5.82 Å². The van der Waals surface area contributed by atoms with Crippen LogP contribution >= 0.6 is 0 Å². The molecule has 7 heteroatoms. The van der Waals surface area contributed by atoms with Crippen molar-refractivity contribution >= 4 is 5.82 Å². The van der Waals surface area contributed by atoms with Gasteiger partial charge < -0.3 is 9.42 Å². The molecule has 3 aromatic rings. The molecule has 0 amide bonds. The fourth-order valence-electron chi connectivity index (χ4n) is 3.48. The average molecular weight is 374 g/mol. The molecule has 1 aliphatic rings. The van der Waals surface area contributed by atoms with Crippen LogP contribution in [-0.4, -0.2) is 40.7 Å². The van der Waals surface area contributed by atoms with Gasteiger partial charge in [-0.15, -0.1) is 0 Å². The summed E-state index contributed by atoms with van der Waals surface area (Å²) in [5.41, 5.74) is 2.70. The molecule has 0 bridgehead atoms. The topological polar surface area (TPSA) is 82.1 Å². The lowest BCUT2D eigenvalue weighted by Gasteiger charge is -2.21. The highest BCUT2D eigenvalue weighted by atomic mass is 16.5. The minimum atomic E-state index is 0.117. The number of rotatable bonds is 5. The van der Waals surface area contributed by atoms with Gasteiger partial charge in [0, 0.05) is 32.4 Å². The number of benzene rings is 1. The first-order valence-electron chi connectivity index (χ1n) is 9.34. The highest BCUT2D eigenvalue weighted by Crippen LogP contribution is 2.33. The first-order chi connectivity index (χ1) is 13.6. The van der Waals surface area contributed by atoms with E-state index in [0.29, 0.717) is 17.3 Å². The molecule has 0 aliphatic carbocycles. The first kappa shape index (κ1) is 18.1. The molecule has 0 spiro atoms. The van der Waals surface area contributed by atoms with Crippen LogP contribution in [0.4, 0.5) is 5.82 Å². The first-order valence-corrected chi connectivity index (χ1v) is 9.34. The van der Waals surface area contributed by atoms with Crippen LogP contribution in [0.2, 0.25) is 0 Å². The van der Waals surface area contributed by atoms with Crippen LogP contribution in [0, 0.1) is 11.3 Å². The van der Waals surface area contributed by atoms with E-state index in [1.807, 2.05) is 55.4 Å². The van der Waals surface area contributed by atoms with Gasteiger partial charge in [0.2, 0.25) is 11.7 Å². The molecule has 0 radical (unpaired) electrons. The molecule has 0 unspecified atom stereocenters. The fourth-order valence-corrected chi connectivity index (χ4v) is 3.48. The molecule has 28 heavy (non-hydrogen) atoms. The normalized spacial score (nSPS) is 16.8. The molecule has 1 aliphatic heterocycles. The van der Waals surface area contributed by atoms with Gasteiger partial charge in [-0.3, -0.25) is 4.90 Å². The number of pyridine rings is 1. The Morgan fingerprint density at radius 3 is 2.71 bits per heavy atom. The molecule has 0 saturated carbocycles. The highest BCUT2D eigenvalue weighted by molar-refractivity contribution is 5.55. The van der Waals surface area contributed by atoms with E-state index < -0.39 is 0 Å². The number of anilines is 1. The zero-order valence-electron chi connectivity index (χ0n) is 16.0. The molecule has 3 heterocycles. The third-order valence-electron chi connectivity index (χ3n) is 5.02. The molecule has 1 atom stereocenters. The van der Waals surface area contributed by atoms with E-state index in [0.717, 1.165) is 37.3 Å². The van der Waals surface area contributed by atoms with Crippen LogP contribution in [0.15, 0.2) is 47.1 Å². The molecular weight excluding hydrogens is 352 g/mol. The molecule has 1 fully saturated rings. The second-order valence-corrected chi connectivity index (χ2v) is 7.19. The quantitative estimate of drug-likeness (QED) is 0.677. The third kappa shape index (κ3) is 3.73. The Balaban J connectivity index is 1.49. The van der Waals surface area contributed by atoms with Crippen molar-refractivity contribution in [2.45, 2.75) is 25.4 Å². The Kier molecular flexibility index (Phi) is 5.04. The van der Waals surface area contributed by atoms with Crippen molar-refractivity contribution < 1.29 is 4.52 Å². The Morgan fingerprint density at radius 1 is 1.21 bits per heavy atom. The van der Waals surface area contributed by atoms with Gasteiger partial charge in [-0.2, -0.15) is 10.2 Å². The number of likely N-dealkylation sites (tertiary alicyclic amines) is 1. The van der Waals surface area contributed by atoms with Crippen LogP contribution in [0.1, 0.15) is 35.9 Å². The van der Waals surface area contributed by atoms with Crippen LogP contribution in [-0.2, 0) is 6.54 Å². The highest BCUT2D eigenvalue weighted by Gasteiger charge is 2.30. The van der Waals surface area contributed by atoms with Gasteiger partial charge in [-0.1, -0.05) is 17.3 Å². The lowest BCUT2D eigenvalue weighted by molar-refractivity contribution is 0.201. The summed E-state index contributed by atoms with van der Waals surface area (Å²) in [6, 6.07) is 13.9. The Bertz CT molecular complexity index is 971. The minimum Gasteiger partial charge on any atom is -0.363 e. The lowest BCUT2D eigenvalue weighted by atomic mass is 10.1. The van der Waals surface area contributed by atoms with Gasteiger partial charge >= 0.3 is 0 Å². The predicted molar refractivity (Wildman–Crippen MR) is 105 cm³/mol. The lowest BCUT2D eigenvalue weighted by Crippen LogP contribution is -2.23. The van der Waals surface area contributed by atoms with Crippen LogP contribution in [0.3, 0.4) is 0 Å². The van der Waals surface area contributed by atoms with E-state index in [1.165, 1.54) is 5.56 Å². The molecule has 1 aromatic carbocycles. The van der Waals surface area contributed by atoms with E-state index >= 15 is 0 Å². The predicted octanol–water partition coefficient (Wildman–Crippen LogP) is 3.41. The van der Waals surface area contributed by atoms with E-state index in [1.54, 1.807) is 6.20 Å². The summed E-state index contributed by atoms with van der Waals surface area (Å²) in [6.45, 7) is 1.79. The maximum absolute atomic E-state index is 8.95. The Hall–Kier alpha value is -3.24. The second-order valence-electron chi connectivity index (χ2n) is 7.19. The largest absolute Gasteiger partial charge is 0.363 e. The van der Waals surface area contributed by atoms with Crippen molar-refractivity contribution in [3.8, 4) is 17.5 Å². The zero-order valence-corrected chi connectivity index (χ0v) is 16.0. The third-order valence-corrected chi connectivity index (χ3v) is 5.02. The van der Waals surface area contributed by atoms with Gasteiger partial charge in [0.25, 0.3) is 0 Å². The van der Waals surface area contributed by atoms with Crippen LogP contribution in [0.5, 0.6) is 0 Å². The number of aromatic nitrogens is 3. The summed E-state index contributed by atoms with van der Waals surface area (Å²) < 4.78 is 5.60. The van der Waals surface area contributed by atoms with E-state index in [2.05, 4.69) is 26.1 Å². The molecule has 7 nitrogen and oxygen atoms in total. The summed E-state index contributed by atoms with van der Waals surface area (Å²) >= 11 is 0. The monoisotopic (exact) mass is 374 g/mol. The molecule has 4 rings (SSSR count). The van der Waals surface area contributed by atoms with Crippen molar-refractivity contribution in [2.24, 2.45) is 0 Å². The van der Waals surface area contributed by atoms with Crippen molar-refractivity contribution in [1.82, 2.24) is 20.0 Å². The molecule has 0 N–H and O–H groups in total. The van der Waals surface area contributed by atoms with Crippen LogP contribution < -0.4 is 4.90 Å². The minimum absolute atomic E-state index is 0.117. The van der Waals surface area contributed by atoms with Gasteiger partial charge in [0.15, 0.2) is 0 Å². The summed E-state index contributed by atoms with van der Waals surface area (Å²) in [5.74, 6) is 2.10. The number of hydrogen-bond donors (Lipinski definition) is 0. The van der Waals surface area contributed by atoms with E-state index in [9.17, 15) is 0 Å². The fraction of sp³-hybridized carbons (Fsp3) is 0.333. The van der Waals surface area contributed by atoms with Crippen molar-refractivity contribution in [2.75, 3.05) is 25.5 Å². The Morgan fingerprint density at radius 2 is 2.04 bits per heavy atom. The molecule has 2 aromatic heterocycles. The van der Waals surface area contributed by atoms with Crippen LogP contribution in [0.25, 0.3) is 11.4 Å². The van der Waals surface area contributed by atoms with Gasteiger partial charge in [-0.25, -0.2) is 4.98 Å². The van der Waals surface area contributed by atoms with Crippen molar-refractivity contribution in [3.05, 3.63) is 59.6 Å². The van der Waals surface area contributed by atoms with E-state index in [4.69, 9.17) is 9.78 Å². The average Bonchev–Trinajstić information content (AvgIpc) is 3.38. The molecule has 142 valence electrons. The van der Waals surface area contributed by atoms with Gasteiger partial charge in [-0.05, 0) is 49.2 Å².